The summed E-state index contributed by atoms with van der Waals surface area (Å²) in [6.45, 7) is 0. The van der Waals surface area contributed by atoms with E-state index in [4.69, 9.17) is 0 Å². The lowest BCUT2D eigenvalue weighted by atomic mass is 10.1. The highest BCUT2D eigenvalue weighted by Crippen LogP contribution is 2.30. The first-order chi connectivity index (χ1) is 14.6. The Balaban J connectivity index is 1.33. The second-order valence-corrected chi connectivity index (χ2v) is 8.36. The zero-order valence-electron chi connectivity index (χ0n) is 16.2. The fourth-order valence-electron chi connectivity index (χ4n) is 4.01. The predicted molar refractivity (Wildman–Crippen MR) is 116 cm³/mol. The Hall–Kier alpha value is -3.32. The van der Waals surface area contributed by atoms with Crippen molar-refractivity contribution in [2.24, 2.45) is 0 Å². The summed E-state index contributed by atoms with van der Waals surface area (Å²) in [5.74, 6) is -0.807. The standard InChI is InChI=1S/C23H19N3O3S/c27-20-9-10-21(28)26(20)18-6-2-5-17(12-18)22(29)25-23-24-19(13-30-23)16-8-7-14-3-1-4-15(14)11-16/h2,5-8,11-13H,1,3-4,9-10H2,(H,24,25,29). The first-order valence-electron chi connectivity index (χ1n) is 9.93. The van der Waals surface area contributed by atoms with Crippen LogP contribution in [0.25, 0.3) is 11.3 Å². The van der Waals surface area contributed by atoms with Crippen molar-refractivity contribution in [2.45, 2.75) is 32.1 Å². The Morgan fingerprint density at radius 3 is 2.60 bits per heavy atom. The van der Waals surface area contributed by atoms with E-state index in [1.807, 2.05) is 5.38 Å². The highest BCUT2D eigenvalue weighted by molar-refractivity contribution is 7.14. The van der Waals surface area contributed by atoms with Crippen molar-refractivity contribution in [1.82, 2.24) is 4.98 Å². The molecule has 0 saturated carbocycles. The lowest BCUT2D eigenvalue weighted by Crippen LogP contribution is -2.28. The largest absolute Gasteiger partial charge is 0.298 e. The monoisotopic (exact) mass is 417 g/mol. The van der Waals surface area contributed by atoms with Crippen LogP contribution in [-0.2, 0) is 22.4 Å². The van der Waals surface area contributed by atoms with Gasteiger partial charge in [0, 0.05) is 29.3 Å². The summed E-state index contributed by atoms with van der Waals surface area (Å²) in [6.07, 6.45) is 3.86. The molecule has 1 fully saturated rings. The molecular formula is C23H19N3O3S. The molecule has 1 aromatic heterocycles. The maximum absolute atomic E-state index is 12.7. The lowest BCUT2D eigenvalue weighted by Gasteiger charge is -2.14. The molecule has 1 N–H and O–H groups in total. The van der Waals surface area contributed by atoms with Gasteiger partial charge in [0.2, 0.25) is 11.8 Å². The molecule has 2 aliphatic rings. The summed E-state index contributed by atoms with van der Waals surface area (Å²) in [5, 5.41) is 5.26. The summed E-state index contributed by atoms with van der Waals surface area (Å²) < 4.78 is 0. The summed E-state index contributed by atoms with van der Waals surface area (Å²) in [7, 11) is 0. The molecular weight excluding hydrogens is 398 g/mol. The molecule has 0 spiro atoms. The highest BCUT2D eigenvalue weighted by atomic mass is 32.1. The average Bonchev–Trinajstić information content (AvgIpc) is 3.48. The van der Waals surface area contributed by atoms with Crippen LogP contribution in [0.1, 0.15) is 40.7 Å². The molecule has 2 aromatic carbocycles. The van der Waals surface area contributed by atoms with Crippen LogP contribution in [0, 0.1) is 0 Å². The number of imide groups is 1. The summed E-state index contributed by atoms with van der Waals surface area (Å²) in [5.41, 5.74) is 5.49. The van der Waals surface area contributed by atoms with E-state index in [1.54, 1.807) is 24.3 Å². The Bertz CT molecular complexity index is 1170. The molecule has 3 aromatic rings. The van der Waals surface area contributed by atoms with Crippen molar-refractivity contribution < 1.29 is 14.4 Å². The van der Waals surface area contributed by atoms with E-state index in [2.05, 4.69) is 28.5 Å². The minimum atomic E-state index is -0.328. The number of fused-ring (bicyclic) bond motifs is 1. The van der Waals surface area contributed by atoms with E-state index in [0.29, 0.717) is 16.4 Å². The number of carbonyl (C=O) groups excluding carboxylic acids is 3. The molecule has 3 amide bonds. The smallest absolute Gasteiger partial charge is 0.257 e. The number of carbonyl (C=O) groups is 3. The normalized spacial score (nSPS) is 15.5. The van der Waals surface area contributed by atoms with Gasteiger partial charge in [0.1, 0.15) is 0 Å². The van der Waals surface area contributed by atoms with Gasteiger partial charge < -0.3 is 0 Å². The van der Waals surface area contributed by atoms with Crippen LogP contribution in [0.4, 0.5) is 10.8 Å². The Morgan fingerprint density at radius 2 is 1.77 bits per heavy atom. The minimum absolute atomic E-state index is 0.208. The summed E-state index contributed by atoms with van der Waals surface area (Å²) >= 11 is 1.37. The Kier molecular flexibility index (Phi) is 4.67. The second kappa shape index (κ2) is 7.50. The van der Waals surface area contributed by atoms with Crippen molar-refractivity contribution >= 4 is 39.9 Å². The van der Waals surface area contributed by atoms with E-state index in [-0.39, 0.29) is 30.6 Å². The molecule has 0 bridgehead atoms. The van der Waals surface area contributed by atoms with Crippen LogP contribution in [0.5, 0.6) is 0 Å². The predicted octanol–water partition coefficient (Wildman–Crippen LogP) is 4.20. The topological polar surface area (TPSA) is 79.4 Å². The van der Waals surface area contributed by atoms with E-state index in [9.17, 15) is 14.4 Å². The molecule has 2 heterocycles. The maximum Gasteiger partial charge on any atom is 0.257 e. The molecule has 0 unspecified atom stereocenters. The van der Waals surface area contributed by atoms with Crippen molar-refractivity contribution in [3.05, 3.63) is 64.5 Å². The number of aromatic nitrogens is 1. The average molecular weight is 417 g/mol. The highest BCUT2D eigenvalue weighted by Gasteiger charge is 2.30. The summed E-state index contributed by atoms with van der Waals surface area (Å²) in [4.78, 5) is 42.3. The van der Waals surface area contributed by atoms with Gasteiger partial charge >= 0.3 is 0 Å². The van der Waals surface area contributed by atoms with Crippen molar-refractivity contribution in [1.29, 1.82) is 0 Å². The molecule has 0 atom stereocenters. The van der Waals surface area contributed by atoms with Gasteiger partial charge in [-0.15, -0.1) is 11.3 Å². The third-order valence-electron chi connectivity index (χ3n) is 5.54. The number of nitrogens with one attached hydrogen (secondary N) is 1. The molecule has 1 aliphatic heterocycles. The number of amides is 3. The number of hydrogen-bond donors (Lipinski definition) is 1. The van der Waals surface area contributed by atoms with E-state index in [0.717, 1.165) is 29.0 Å². The number of aryl methyl sites for hydroxylation is 2. The van der Waals surface area contributed by atoms with Gasteiger partial charge in [0.25, 0.3) is 5.91 Å². The van der Waals surface area contributed by atoms with Gasteiger partial charge in [-0.1, -0.05) is 18.2 Å². The molecule has 6 nitrogen and oxygen atoms in total. The molecule has 5 rings (SSSR count). The third-order valence-corrected chi connectivity index (χ3v) is 6.29. The molecule has 150 valence electrons. The van der Waals surface area contributed by atoms with Crippen molar-refractivity contribution in [3.8, 4) is 11.3 Å². The lowest BCUT2D eigenvalue weighted by molar-refractivity contribution is -0.121. The van der Waals surface area contributed by atoms with Gasteiger partial charge in [-0.3, -0.25) is 24.6 Å². The Morgan fingerprint density at radius 1 is 0.967 bits per heavy atom. The van der Waals surface area contributed by atoms with Gasteiger partial charge in [-0.2, -0.15) is 0 Å². The molecule has 30 heavy (non-hydrogen) atoms. The zero-order valence-corrected chi connectivity index (χ0v) is 17.0. The van der Waals surface area contributed by atoms with E-state index >= 15 is 0 Å². The van der Waals surface area contributed by atoms with E-state index < -0.39 is 0 Å². The number of hydrogen-bond acceptors (Lipinski definition) is 5. The zero-order chi connectivity index (χ0) is 20.7. The van der Waals surface area contributed by atoms with Crippen LogP contribution >= 0.6 is 11.3 Å². The Labute approximate surface area is 177 Å². The molecule has 1 saturated heterocycles. The molecule has 0 radical (unpaired) electrons. The number of nitrogens with zero attached hydrogens (tertiary/aromatic N) is 2. The fraction of sp³-hybridized carbons (Fsp3) is 0.217. The van der Waals surface area contributed by atoms with Gasteiger partial charge in [0.15, 0.2) is 5.13 Å². The van der Waals surface area contributed by atoms with E-state index in [1.165, 1.54) is 28.9 Å². The van der Waals surface area contributed by atoms with Crippen LogP contribution < -0.4 is 10.2 Å². The van der Waals surface area contributed by atoms with Gasteiger partial charge in [0.05, 0.1) is 11.4 Å². The summed E-state index contributed by atoms with van der Waals surface area (Å²) in [6, 6.07) is 13.0. The van der Waals surface area contributed by atoms with Crippen molar-refractivity contribution in [3.63, 3.8) is 0 Å². The minimum Gasteiger partial charge on any atom is -0.298 e. The van der Waals surface area contributed by atoms with Crippen LogP contribution in [0.3, 0.4) is 0 Å². The fourth-order valence-corrected chi connectivity index (χ4v) is 4.73. The number of anilines is 2. The second-order valence-electron chi connectivity index (χ2n) is 7.50. The quantitative estimate of drug-likeness (QED) is 0.645. The first kappa shape index (κ1) is 18.7. The molecule has 7 heteroatoms. The third kappa shape index (κ3) is 3.41. The SMILES string of the molecule is O=C(Nc1nc(-c2ccc3c(c2)CCC3)cs1)c1cccc(N2C(=O)CCC2=O)c1. The van der Waals surface area contributed by atoms with Gasteiger partial charge in [-0.05, 0) is 54.7 Å². The first-order valence-corrected chi connectivity index (χ1v) is 10.8. The van der Waals surface area contributed by atoms with Crippen LogP contribution in [-0.4, -0.2) is 22.7 Å². The van der Waals surface area contributed by atoms with Crippen LogP contribution in [0.15, 0.2) is 47.8 Å². The number of benzene rings is 2. The maximum atomic E-state index is 12.7. The van der Waals surface area contributed by atoms with Gasteiger partial charge in [-0.25, -0.2) is 4.98 Å². The van der Waals surface area contributed by atoms with Crippen LogP contribution in [0.2, 0.25) is 0 Å². The molecule has 1 aliphatic carbocycles. The van der Waals surface area contributed by atoms with Crippen molar-refractivity contribution in [2.75, 3.05) is 10.2 Å². The number of rotatable bonds is 4. The number of thiazole rings is 1.